The second-order valence-electron chi connectivity index (χ2n) is 4.93. The van der Waals surface area contributed by atoms with Crippen LogP contribution in [0.3, 0.4) is 0 Å². The Hall–Kier alpha value is 0.210. The van der Waals surface area contributed by atoms with E-state index in [0.29, 0.717) is 12.0 Å². The van der Waals surface area contributed by atoms with Crippen LogP contribution in [-0.4, -0.2) is 17.3 Å². The molecule has 0 aromatic carbocycles. The molecule has 2 nitrogen and oxygen atoms in total. The van der Waals surface area contributed by atoms with Gasteiger partial charge in [-0.05, 0) is 44.1 Å². The van der Waals surface area contributed by atoms with Crippen LogP contribution in [0, 0.1) is 5.41 Å². The molecule has 3 heteroatoms. The summed E-state index contributed by atoms with van der Waals surface area (Å²) in [5.41, 5.74) is 5.44. The van der Waals surface area contributed by atoms with Crippen LogP contribution in [0.15, 0.2) is 0 Å². The fourth-order valence-corrected chi connectivity index (χ4v) is 1.91. The molecule has 0 spiro atoms. The minimum Gasteiger partial charge on any atom is -0.390 e. The van der Waals surface area contributed by atoms with Gasteiger partial charge >= 0.3 is 0 Å². The van der Waals surface area contributed by atoms with Crippen molar-refractivity contribution < 1.29 is 5.11 Å². The Morgan fingerprint density at radius 2 is 1.62 bits per heavy atom. The molecule has 1 saturated carbocycles. The second-order valence-corrected chi connectivity index (χ2v) is 4.93. The largest absolute Gasteiger partial charge is 0.390 e. The predicted octanol–water partition coefficient (Wildman–Crippen LogP) is 2.09. The van der Waals surface area contributed by atoms with E-state index >= 15 is 0 Å². The molecule has 0 aliphatic heterocycles. The lowest BCUT2D eigenvalue weighted by molar-refractivity contribution is -0.0300. The van der Waals surface area contributed by atoms with E-state index in [2.05, 4.69) is 13.8 Å². The van der Waals surface area contributed by atoms with E-state index in [1.807, 2.05) is 0 Å². The number of rotatable bonds is 2. The van der Waals surface area contributed by atoms with Crippen LogP contribution in [0.25, 0.3) is 0 Å². The molecule has 0 unspecified atom stereocenters. The van der Waals surface area contributed by atoms with Crippen molar-refractivity contribution in [2.24, 2.45) is 11.1 Å². The summed E-state index contributed by atoms with van der Waals surface area (Å²) in [5, 5.41) is 10.0. The Balaban J connectivity index is 0.00000144. The zero-order chi connectivity index (χ0) is 9.24. The summed E-state index contributed by atoms with van der Waals surface area (Å²) in [6.45, 7) is 5.15. The number of aliphatic hydroxyl groups is 1. The van der Waals surface area contributed by atoms with Crippen molar-refractivity contribution in [3.63, 3.8) is 0 Å². The highest BCUT2D eigenvalue weighted by Crippen LogP contribution is 2.41. The van der Waals surface area contributed by atoms with Gasteiger partial charge in [0.15, 0.2) is 0 Å². The summed E-state index contributed by atoms with van der Waals surface area (Å²) in [4.78, 5) is 0. The van der Waals surface area contributed by atoms with Gasteiger partial charge in [0, 0.05) is 0 Å². The van der Waals surface area contributed by atoms with E-state index in [1.165, 1.54) is 0 Å². The van der Waals surface area contributed by atoms with Gasteiger partial charge in [-0.15, -0.1) is 12.4 Å². The number of hydrogen-bond donors (Lipinski definition) is 2. The Morgan fingerprint density at radius 3 is 2.00 bits per heavy atom. The fourth-order valence-electron chi connectivity index (χ4n) is 1.91. The fraction of sp³-hybridized carbons (Fsp3) is 1.00. The van der Waals surface area contributed by atoms with E-state index in [0.717, 1.165) is 32.1 Å². The summed E-state index contributed by atoms with van der Waals surface area (Å²) in [5.74, 6) is 0. The van der Waals surface area contributed by atoms with Crippen molar-refractivity contribution in [3.05, 3.63) is 0 Å². The average molecular weight is 208 g/mol. The molecule has 0 saturated heterocycles. The highest BCUT2D eigenvalue weighted by Gasteiger charge is 2.35. The van der Waals surface area contributed by atoms with E-state index in [-0.39, 0.29) is 12.4 Å². The van der Waals surface area contributed by atoms with Gasteiger partial charge in [-0.3, -0.25) is 0 Å². The number of hydrogen-bond acceptors (Lipinski definition) is 2. The van der Waals surface area contributed by atoms with Gasteiger partial charge in [-0.1, -0.05) is 13.8 Å². The Morgan fingerprint density at radius 1 is 1.15 bits per heavy atom. The zero-order valence-corrected chi connectivity index (χ0v) is 9.49. The van der Waals surface area contributed by atoms with Crippen LogP contribution in [0.1, 0.15) is 46.0 Å². The first-order chi connectivity index (χ1) is 5.47. The summed E-state index contributed by atoms with van der Waals surface area (Å²) >= 11 is 0. The molecule has 80 valence electrons. The van der Waals surface area contributed by atoms with Crippen molar-refractivity contribution in [2.75, 3.05) is 6.54 Å². The van der Waals surface area contributed by atoms with Gasteiger partial charge in [0.1, 0.15) is 0 Å². The second kappa shape index (κ2) is 4.63. The lowest BCUT2D eigenvalue weighted by Crippen LogP contribution is -2.38. The minimum absolute atomic E-state index is 0. The number of nitrogens with two attached hydrogens (primary N) is 1. The molecule has 1 aliphatic rings. The van der Waals surface area contributed by atoms with Gasteiger partial charge in [0.2, 0.25) is 0 Å². The molecule has 1 fully saturated rings. The Bertz CT molecular complexity index is 149. The Kier molecular flexibility index (Phi) is 4.70. The van der Waals surface area contributed by atoms with E-state index < -0.39 is 5.60 Å². The van der Waals surface area contributed by atoms with Crippen LogP contribution in [0.4, 0.5) is 0 Å². The van der Waals surface area contributed by atoms with E-state index in [4.69, 9.17) is 5.73 Å². The average Bonchev–Trinajstić information content (AvgIpc) is 1.98. The highest BCUT2D eigenvalue weighted by molar-refractivity contribution is 5.85. The molecule has 1 aliphatic carbocycles. The predicted molar refractivity (Wildman–Crippen MR) is 58.1 cm³/mol. The first kappa shape index (κ1) is 13.2. The SMILES string of the molecule is CC1(C)CCC(O)(CCN)CC1.Cl. The monoisotopic (exact) mass is 207 g/mol. The van der Waals surface area contributed by atoms with Crippen molar-refractivity contribution in [1.82, 2.24) is 0 Å². The highest BCUT2D eigenvalue weighted by atomic mass is 35.5. The Labute approximate surface area is 87.3 Å². The van der Waals surface area contributed by atoms with Crippen molar-refractivity contribution in [3.8, 4) is 0 Å². The normalized spacial score (nSPS) is 24.9. The molecule has 0 bridgehead atoms. The maximum absolute atomic E-state index is 10.0. The maximum Gasteiger partial charge on any atom is 0.0660 e. The van der Waals surface area contributed by atoms with Crippen molar-refractivity contribution >= 4 is 12.4 Å². The molecule has 0 radical (unpaired) electrons. The molecule has 13 heavy (non-hydrogen) atoms. The van der Waals surface area contributed by atoms with Crippen molar-refractivity contribution in [2.45, 2.75) is 51.6 Å². The van der Waals surface area contributed by atoms with Gasteiger partial charge in [0.05, 0.1) is 5.60 Å². The molecule has 0 aromatic heterocycles. The molecule has 0 atom stereocenters. The van der Waals surface area contributed by atoms with Crippen molar-refractivity contribution in [1.29, 1.82) is 0 Å². The molecule has 3 N–H and O–H groups in total. The molecule has 0 heterocycles. The molecule has 0 amide bonds. The molecule has 1 rings (SSSR count). The summed E-state index contributed by atoms with van der Waals surface area (Å²) in [6, 6.07) is 0. The van der Waals surface area contributed by atoms with E-state index in [1.54, 1.807) is 0 Å². The van der Waals surface area contributed by atoms with Crippen LogP contribution in [-0.2, 0) is 0 Å². The lowest BCUT2D eigenvalue weighted by Gasteiger charge is -2.40. The first-order valence-corrected chi connectivity index (χ1v) is 4.90. The smallest absolute Gasteiger partial charge is 0.0660 e. The minimum atomic E-state index is -0.440. The standard InChI is InChI=1S/C10H21NO.ClH/c1-9(2)3-5-10(12,6-4-9)7-8-11;/h12H,3-8,11H2,1-2H3;1H. The maximum atomic E-state index is 10.0. The zero-order valence-electron chi connectivity index (χ0n) is 8.68. The summed E-state index contributed by atoms with van der Waals surface area (Å²) < 4.78 is 0. The third-order valence-electron chi connectivity index (χ3n) is 3.14. The first-order valence-electron chi connectivity index (χ1n) is 4.90. The van der Waals surface area contributed by atoms with Crippen LogP contribution >= 0.6 is 12.4 Å². The molecular weight excluding hydrogens is 186 g/mol. The van der Waals surface area contributed by atoms with E-state index in [9.17, 15) is 5.11 Å². The van der Waals surface area contributed by atoms with Crippen LogP contribution in [0.2, 0.25) is 0 Å². The summed E-state index contributed by atoms with van der Waals surface area (Å²) in [7, 11) is 0. The van der Waals surface area contributed by atoms with Gasteiger partial charge in [-0.25, -0.2) is 0 Å². The van der Waals surface area contributed by atoms with Gasteiger partial charge in [-0.2, -0.15) is 0 Å². The lowest BCUT2D eigenvalue weighted by atomic mass is 9.70. The third-order valence-corrected chi connectivity index (χ3v) is 3.14. The molecular formula is C10H22ClNO. The topological polar surface area (TPSA) is 46.2 Å². The van der Waals surface area contributed by atoms with Crippen LogP contribution < -0.4 is 5.73 Å². The summed E-state index contributed by atoms with van der Waals surface area (Å²) in [6.07, 6.45) is 4.88. The third kappa shape index (κ3) is 3.84. The number of halogens is 1. The quantitative estimate of drug-likeness (QED) is 0.729. The van der Waals surface area contributed by atoms with Gasteiger partial charge in [0.25, 0.3) is 0 Å². The van der Waals surface area contributed by atoms with Gasteiger partial charge < -0.3 is 10.8 Å². The van der Waals surface area contributed by atoms with Crippen LogP contribution in [0.5, 0.6) is 0 Å². The molecule has 0 aromatic rings.